The van der Waals surface area contributed by atoms with Crippen LogP contribution in [0.1, 0.15) is 75.7 Å². The Morgan fingerprint density at radius 1 is 0.618 bits per heavy atom. The van der Waals surface area contributed by atoms with E-state index in [1.165, 1.54) is 27.7 Å². The second-order valence-corrected chi connectivity index (χ2v) is 17.1. The number of hydrogen-bond acceptors (Lipinski definition) is 19. The number of thiocarbonyl (C=S) groups is 1. The van der Waals surface area contributed by atoms with E-state index in [4.69, 9.17) is 69.1 Å². The molecule has 2 aromatic rings. The van der Waals surface area contributed by atoms with E-state index >= 15 is 0 Å². The molecule has 68 heavy (non-hydrogen) atoms. The SMILES string of the molecule is CC(=O)OCC1OC(CC(=S)NCc2ccc(C3OC(CN4CCOCCOCCOCCOCCOCC4)C(C)C(c4ccc(CO)cc4)O3)cc2)C(OC(C)=O)C(OC(C)=O)C1OC(C)=O. The maximum atomic E-state index is 12.3. The molecule has 3 heterocycles. The number of hydrogen-bond donors (Lipinski definition) is 2. The van der Waals surface area contributed by atoms with Gasteiger partial charge in [-0.3, -0.25) is 24.1 Å². The molecule has 2 N–H and O–H groups in total. The number of nitrogens with zero attached hydrogens (tertiary/aromatic N) is 1. The summed E-state index contributed by atoms with van der Waals surface area (Å²) in [5, 5.41) is 13.0. The zero-order chi connectivity index (χ0) is 48.8. The molecule has 0 spiro atoms. The van der Waals surface area contributed by atoms with Crippen molar-refractivity contribution in [1.82, 2.24) is 10.2 Å². The highest BCUT2D eigenvalue weighted by molar-refractivity contribution is 7.80. The average Bonchev–Trinajstić information content (AvgIpc) is 3.30. The van der Waals surface area contributed by atoms with Crippen molar-refractivity contribution < 1.29 is 81.1 Å². The van der Waals surface area contributed by atoms with Crippen molar-refractivity contribution in [2.75, 3.05) is 92.3 Å². The Bertz CT molecular complexity index is 1850. The van der Waals surface area contributed by atoms with Crippen LogP contribution in [0, 0.1) is 5.92 Å². The minimum atomic E-state index is -1.29. The van der Waals surface area contributed by atoms with Crippen molar-refractivity contribution in [2.45, 2.75) is 103 Å². The van der Waals surface area contributed by atoms with E-state index in [2.05, 4.69) is 17.1 Å². The summed E-state index contributed by atoms with van der Waals surface area (Å²) in [6, 6.07) is 15.5. The van der Waals surface area contributed by atoms with E-state index in [-0.39, 0.29) is 37.8 Å². The second kappa shape index (κ2) is 29.1. The molecule has 3 fully saturated rings. The van der Waals surface area contributed by atoms with Crippen molar-refractivity contribution in [1.29, 1.82) is 0 Å². The molecule has 3 aliphatic heterocycles. The van der Waals surface area contributed by atoms with Gasteiger partial charge in [-0.15, -0.1) is 0 Å². The first-order valence-electron chi connectivity index (χ1n) is 23.1. The zero-order valence-corrected chi connectivity index (χ0v) is 40.5. The van der Waals surface area contributed by atoms with Gasteiger partial charge in [0.15, 0.2) is 24.6 Å². The first kappa shape index (κ1) is 54.7. The molecule has 0 aromatic heterocycles. The predicted octanol–water partition coefficient (Wildman–Crippen LogP) is 3.30. The van der Waals surface area contributed by atoms with Crippen LogP contribution in [0.15, 0.2) is 48.5 Å². The molecule has 0 saturated carbocycles. The molecule has 9 atom stereocenters. The molecule has 5 rings (SSSR count). The van der Waals surface area contributed by atoms with Gasteiger partial charge in [0.2, 0.25) is 0 Å². The lowest BCUT2D eigenvalue weighted by atomic mass is 9.90. The molecule has 0 amide bonds. The maximum Gasteiger partial charge on any atom is 0.303 e. The van der Waals surface area contributed by atoms with E-state index in [0.29, 0.717) is 97.2 Å². The van der Waals surface area contributed by atoms with Crippen molar-refractivity contribution in [2.24, 2.45) is 5.92 Å². The highest BCUT2D eigenvalue weighted by Gasteiger charge is 2.52. The summed E-state index contributed by atoms with van der Waals surface area (Å²) in [5.74, 6) is -2.80. The highest BCUT2D eigenvalue weighted by Crippen LogP contribution is 2.42. The molecule has 20 heteroatoms. The molecule has 9 unspecified atom stereocenters. The van der Waals surface area contributed by atoms with E-state index < -0.39 is 60.7 Å². The smallest absolute Gasteiger partial charge is 0.303 e. The molecular formula is C48H68N2O17S. The number of aliphatic hydroxyl groups excluding tert-OH is 1. The van der Waals surface area contributed by atoms with E-state index in [1.54, 1.807) is 0 Å². The van der Waals surface area contributed by atoms with Crippen LogP contribution in [0.2, 0.25) is 0 Å². The summed E-state index contributed by atoms with van der Waals surface area (Å²) in [7, 11) is 0. The average molecular weight is 977 g/mol. The Morgan fingerprint density at radius 2 is 1.10 bits per heavy atom. The number of nitrogens with one attached hydrogen (secondary N) is 1. The van der Waals surface area contributed by atoms with Crippen molar-refractivity contribution in [3.8, 4) is 0 Å². The van der Waals surface area contributed by atoms with Gasteiger partial charge in [-0.1, -0.05) is 67.7 Å². The van der Waals surface area contributed by atoms with Crippen LogP contribution in [0.5, 0.6) is 0 Å². The number of benzene rings is 2. The summed E-state index contributed by atoms with van der Waals surface area (Å²) in [6.45, 7) is 13.5. The Labute approximate surface area is 403 Å². The van der Waals surface area contributed by atoms with Gasteiger partial charge >= 0.3 is 23.9 Å². The van der Waals surface area contributed by atoms with Crippen LogP contribution < -0.4 is 5.32 Å². The van der Waals surface area contributed by atoms with Gasteiger partial charge in [0.1, 0.15) is 18.8 Å². The van der Waals surface area contributed by atoms with Gasteiger partial charge in [-0.2, -0.15) is 0 Å². The Hall–Kier alpha value is -4.19. The van der Waals surface area contributed by atoms with Gasteiger partial charge in [0.05, 0.1) is 89.9 Å². The first-order valence-corrected chi connectivity index (χ1v) is 23.5. The summed E-state index contributed by atoms with van der Waals surface area (Å²) in [6.07, 6.45) is -7.12. The summed E-state index contributed by atoms with van der Waals surface area (Å²) in [4.78, 5) is 51.1. The molecular weight excluding hydrogens is 909 g/mol. The monoisotopic (exact) mass is 976 g/mol. The lowest BCUT2D eigenvalue weighted by Crippen LogP contribution is -2.62. The van der Waals surface area contributed by atoms with Crippen LogP contribution in [-0.4, -0.2) is 168 Å². The number of carbonyl (C=O) groups is 4. The molecule has 0 radical (unpaired) electrons. The number of aliphatic hydroxyl groups is 1. The highest BCUT2D eigenvalue weighted by atomic mass is 32.1. The number of carbonyl (C=O) groups excluding carboxylic acids is 4. The summed E-state index contributed by atoms with van der Waals surface area (Å²) >= 11 is 5.74. The van der Waals surface area contributed by atoms with Crippen LogP contribution in [0.4, 0.5) is 0 Å². The minimum Gasteiger partial charge on any atom is -0.463 e. The number of esters is 4. The largest absolute Gasteiger partial charge is 0.463 e. The second-order valence-electron chi connectivity index (χ2n) is 16.6. The lowest BCUT2D eigenvalue weighted by molar-refractivity contribution is -0.276. The van der Waals surface area contributed by atoms with Gasteiger partial charge < -0.3 is 67.3 Å². The Kier molecular flexibility index (Phi) is 23.4. The number of ether oxygens (including phenoxy) is 12. The normalized spacial score (nSPS) is 27.4. The zero-order valence-electron chi connectivity index (χ0n) is 39.7. The van der Waals surface area contributed by atoms with Crippen molar-refractivity contribution >= 4 is 41.1 Å². The van der Waals surface area contributed by atoms with E-state index in [9.17, 15) is 24.3 Å². The topological polar surface area (TPSA) is 215 Å². The third-order valence-corrected chi connectivity index (χ3v) is 11.7. The fourth-order valence-electron chi connectivity index (χ4n) is 7.98. The Morgan fingerprint density at radius 3 is 1.62 bits per heavy atom. The molecule has 0 bridgehead atoms. The lowest BCUT2D eigenvalue weighted by Gasteiger charge is -2.44. The fourth-order valence-corrected chi connectivity index (χ4v) is 8.21. The van der Waals surface area contributed by atoms with Gasteiger partial charge in [-0.25, -0.2) is 0 Å². The van der Waals surface area contributed by atoms with Gasteiger partial charge in [-0.05, 0) is 16.7 Å². The van der Waals surface area contributed by atoms with E-state index in [0.717, 1.165) is 22.3 Å². The van der Waals surface area contributed by atoms with Gasteiger partial charge in [0.25, 0.3) is 0 Å². The number of rotatable bonds is 14. The van der Waals surface area contributed by atoms with Crippen LogP contribution >= 0.6 is 12.2 Å². The molecule has 3 saturated heterocycles. The molecule has 378 valence electrons. The maximum absolute atomic E-state index is 12.3. The van der Waals surface area contributed by atoms with Crippen molar-refractivity contribution in [3.05, 3.63) is 70.8 Å². The standard InChI is InChI=1S/C48H68N2O17S/c1-31-41(28-50-14-16-56-18-20-58-22-24-60-25-23-59-21-19-57-17-15-50)66-48(67-44(31)38-10-8-37(29-51)9-11-38)39-12-6-36(7-13-39)27-49-43(68)26-40-45(62-33(3)53)47(64-35(5)55)46(63-34(4)54)42(65-40)30-61-32(2)52/h6-13,31,40-42,44-48,51H,14-30H2,1-5H3,(H,49,68). The fraction of sp³-hybridized carbons (Fsp3) is 0.646. The van der Waals surface area contributed by atoms with Crippen LogP contribution in [0.25, 0.3) is 0 Å². The molecule has 19 nitrogen and oxygen atoms in total. The third kappa shape index (κ3) is 18.3. The van der Waals surface area contributed by atoms with E-state index in [1.807, 2.05) is 48.5 Å². The molecule has 0 aliphatic carbocycles. The quantitative estimate of drug-likeness (QED) is 0.158. The predicted molar refractivity (Wildman–Crippen MR) is 246 cm³/mol. The minimum absolute atomic E-state index is 0.00439. The Balaban J connectivity index is 1.27. The van der Waals surface area contributed by atoms with Crippen molar-refractivity contribution in [3.63, 3.8) is 0 Å². The summed E-state index contributed by atoms with van der Waals surface area (Å²) in [5.41, 5.74) is 3.45. The van der Waals surface area contributed by atoms with Crippen LogP contribution in [-0.2, 0) is 89.2 Å². The third-order valence-electron chi connectivity index (χ3n) is 11.4. The van der Waals surface area contributed by atoms with Gasteiger partial charge in [0, 0.05) is 71.8 Å². The molecule has 3 aliphatic rings. The summed E-state index contributed by atoms with van der Waals surface area (Å²) < 4.78 is 70.3. The van der Waals surface area contributed by atoms with Crippen LogP contribution in [0.3, 0.4) is 0 Å². The molecule has 2 aromatic carbocycles. The first-order chi connectivity index (χ1) is 32.8.